The molecule has 4 amide bonds. The van der Waals surface area contributed by atoms with Crippen molar-refractivity contribution in [3.05, 3.63) is 23.8 Å². The molecule has 0 spiro atoms. The highest BCUT2D eigenvalue weighted by atomic mass is 16.7. The minimum Gasteiger partial charge on any atom is -0.454 e. The zero-order valence-corrected chi connectivity index (χ0v) is 11.9. The predicted octanol–water partition coefficient (Wildman–Crippen LogP) is 0.0577. The van der Waals surface area contributed by atoms with Crippen LogP contribution in [0.1, 0.15) is 18.9 Å². The molecule has 1 aromatic carbocycles. The summed E-state index contributed by atoms with van der Waals surface area (Å²) in [6.45, 7) is 1.69. The Bertz CT molecular complexity index is 674. The molecule has 0 saturated carbocycles. The molecule has 0 bridgehead atoms. The maximum Gasteiger partial charge on any atom is 0.325 e. The van der Waals surface area contributed by atoms with E-state index < -0.39 is 23.4 Å². The van der Waals surface area contributed by atoms with E-state index in [4.69, 9.17) is 15.2 Å². The lowest BCUT2D eigenvalue weighted by Gasteiger charge is -2.22. The number of nitrogens with two attached hydrogens (primary N) is 1. The van der Waals surface area contributed by atoms with Gasteiger partial charge in [-0.2, -0.15) is 0 Å². The van der Waals surface area contributed by atoms with Gasteiger partial charge >= 0.3 is 6.03 Å². The first-order valence-electron chi connectivity index (χ1n) is 6.74. The summed E-state index contributed by atoms with van der Waals surface area (Å²) in [7, 11) is 0. The molecule has 0 radical (unpaired) electrons. The number of amides is 4. The van der Waals surface area contributed by atoms with E-state index >= 15 is 0 Å². The Kier molecular flexibility index (Phi) is 3.16. The van der Waals surface area contributed by atoms with Crippen LogP contribution in [0.4, 0.5) is 4.79 Å². The number of nitrogens with one attached hydrogen (secondary N) is 1. The lowest BCUT2D eigenvalue weighted by atomic mass is 9.91. The molecule has 116 valence electrons. The number of fused-ring (bicyclic) bond motifs is 1. The number of carbonyl (C=O) groups excluding carboxylic acids is 3. The van der Waals surface area contributed by atoms with Crippen LogP contribution in [0, 0.1) is 0 Å². The topological polar surface area (TPSA) is 111 Å². The number of imide groups is 1. The van der Waals surface area contributed by atoms with E-state index in [-0.39, 0.29) is 19.8 Å². The number of rotatable bonds is 4. The summed E-state index contributed by atoms with van der Waals surface area (Å²) in [4.78, 5) is 36.4. The lowest BCUT2D eigenvalue weighted by molar-refractivity contribution is -0.131. The van der Waals surface area contributed by atoms with E-state index in [2.05, 4.69) is 5.32 Å². The van der Waals surface area contributed by atoms with Crippen LogP contribution in [0.5, 0.6) is 11.5 Å². The molecular weight excluding hydrogens is 290 g/mol. The van der Waals surface area contributed by atoms with E-state index in [0.717, 1.165) is 4.90 Å². The van der Waals surface area contributed by atoms with Crippen molar-refractivity contribution in [2.75, 3.05) is 13.3 Å². The Morgan fingerprint density at radius 1 is 1.36 bits per heavy atom. The highest BCUT2D eigenvalue weighted by molar-refractivity contribution is 6.07. The minimum absolute atomic E-state index is 0.0415. The van der Waals surface area contributed by atoms with Crippen molar-refractivity contribution < 1.29 is 23.9 Å². The summed E-state index contributed by atoms with van der Waals surface area (Å²) in [6, 6.07) is 4.50. The summed E-state index contributed by atoms with van der Waals surface area (Å²) in [6.07, 6.45) is -0.0730. The largest absolute Gasteiger partial charge is 0.454 e. The average molecular weight is 305 g/mol. The van der Waals surface area contributed by atoms with Crippen LogP contribution in [-0.4, -0.2) is 36.1 Å². The average Bonchev–Trinajstić information content (AvgIpc) is 3.01. The molecule has 1 atom stereocenters. The Hall–Kier alpha value is -2.77. The molecule has 0 aliphatic carbocycles. The minimum atomic E-state index is -1.21. The van der Waals surface area contributed by atoms with Gasteiger partial charge < -0.3 is 20.5 Å². The maximum absolute atomic E-state index is 12.6. The second kappa shape index (κ2) is 4.90. The molecule has 1 aromatic rings. The molecule has 8 nitrogen and oxygen atoms in total. The monoisotopic (exact) mass is 305 g/mol. The van der Waals surface area contributed by atoms with Crippen molar-refractivity contribution in [3.8, 4) is 11.5 Å². The normalized spacial score (nSPS) is 22.9. The fraction of sp³-hybridized carbons (Fsp3) is 0.357. The summed E-state index contributed by atoms with van der Waals surface area (Å²) in [5.74, 6) is 0.112. The number of ether oxygens (including phenoxy) is 2. The summed E-state index contributed by atoms with van der Waals surface area (Å²) >= 11 is 0. The summed E-state index contributed by atoms with van der Waals surface area (Å²) in [5, 5.41) is 2.65. The maximum atomic E-state index is 12.6. The fourth-order valence-corrected chi connectivity index (χ4v) is 2.53. The van der Waals surface area contributed by atoms with Gasteiger partial charge in [0.2, 0.25) is 12.7 Å². The Morgan fingerprint density at radius 3 is 2.82 bits per heavy atom. The number of hydrogen-bond donors (Lipinski definition) is 2. The Morgan fingerprint density at radius 2 is 2.09 bits per heavy atom. The molecular formula is C14H15N3O5. The van der Waals surface area contributed by atoms with E-state index in [1.165, 1.54) is 0 Å². The zero-order chi connectivity index (χ0) is 15.9. The highest BCUT2D eigenvalue weighted by Crippen LogP contribution is 2.37. The molecule has 0 unspecified atom stereocenters. The first kappa shape index (κ1) is 14.2. The molecule has 3 N–H and O–H groups in total. The standard InChI is InChI=1S/C14H15N3O5/c1-14(8-2-3-9-10(6-8)22-7-21-9)12(19)17(13(20)16-14)5-4-11(15)18/h2-3,6H,4-5,7H2,1H3,(H2,15,18)(H,16,20)/t14-/m1/s1. The molecule has 3 rings (SSSR count). The third kappa shape index (κ3) is 2.12. The quantitative estimate of drug-likeness (QED) is 0.764. The van der Waals surface area contributed by atoms with Gasteiger partial charge in [-0.05, 0) is 24.6 Å². The van der Waals surface area contributed by atoms with Gasteiger partial charge in [0, 0.05) is 13.0 Å². The molecule has 0 aromatic heterocycles. The van der Waals surface area contributed by atoms with Crippen LogP contribution in [0.3, 0.4) is 0 Å². The van der Waals surface area contributed by atoms with Gasteiger partial charge in [-0.15, -0.1) is 0 Å². The van der Waals surface area contributed by atoms with Crippen LogP contribution in [0.15, 0.2) is 18.2 Å². The smallest absolute Gasteiger partial charge is 0.325 e. The Balaban J connectivity index is 1.88. The highest BCUT2D eigenvalue weighted by Gasteiger charge is 2.49. The van der Waals surface area contributed by atoms with Crippen molar-refractivity contribution in [2.24, 2.45) is 5.73 Å². The van der Waals surface area contributed by atoms with Crippen molar-refractivity contribution >= 4 is 17.8 Å². The van der Waals surface area contributed by atoms with Crippen LogP contribution in [-0.2, 0) is 15.1 Å². The van der Waals surface area contributed by atoms with Gasteiger partial charge in [-0.25, -0.2) is 4.79 Å². The van der Waals surface area contributed by atoms with Crippen molar-refractivity contribution in [1.29, 1.82) is 0 Å². The van der Waals surface area contributed by atoms with Gasteiger partial charge in [0.1, 0.15) is 5.54 Å². The summed E-state index contributed by atoms with van der Waals surface area (Å²) < 4.78 is 10.5. The number of benzene rings is 1. The van der Waals surface area contributed by atoms with Crippen LogP contribution in [0.25, 0.3) is 0 Å². The predicted molar refractivity (Wildman–Crippen MR) is 74.0 cm³/mol. The van der Waals surface area contributed by atoms with E-state index in [0.29, 0.717) is 17.1 Å². The number of hydrogen-bond acceptors (Lipinski definition) is 5. The summed E-state index contributed by atoms with van der Waals surface area (Å²) in [5.41, 5.74) is 4.43. The SMILES string of the molecule is C[C@]1(c2ccc3c(c2)OCO3)NC(=O)N(CCC(N)=O)C1=O. The second-order valence-electron chi connectivity index (χ2n) is 5.30. The number of urea groups is 1. The molecule has 8 heteroatoms. The molecule has 1 saturated heterocycles. The number of nitrogens with zero attached hydrogens (tertiary/aromatic N) is 1. The number of carbonyl (C=O) groups is 3. The van der Waals surface area contributed by atoms with Crippen molar-refractivity contribution in [1.82, 2.24) is 10.2 Å². The number of primary amides is 1. The second-order valence-corrected chi connectivity index (χ2v) is 5.30. The third-order valence-electron chi connectivity index (χ3n) is 3.81. The Labute approximate surface area is 126 Å². The lowest BCUT2D eigenvalue weighted by Crippen LogP contribution is -2.41. The van der Waals surface area contributed by atoms with E-state index in [1.54, 1.807) is 25.1 Å². The molecule has 1 fully saturated rings. The van der Waals surface area contributed by atoms with Gasteiger partial charge in [0.05, 0.1) is 0 Å². The van der Waals surface area contributed by atoms with Crippen molar-refractivity contribution in [3.63, 3.8) is 0 Å². The van der Waals surface area contributed by atoms with Crippen LogP contribution in [0.2, 0.25) is 0 Å². The fourth-order valence-electron chi connectivity index (χ4n) is 2.53. The van der Waals surface area contributed by atoms with Gasteiger partial charge in [-0.1, -0.05) is 6.07 Å². The van der Waals surface area contributed by atoms with Gasteiger partial charge in [-0.3, -0.25) is 14.5 Å². The first-order valence-corrected chi connectivity index (χ1v) is 6.74. The van der Waals surface area contributed by atoms with Crippen LogP contribution >= 0.6 is 0 Å². The molecule has 2 aliphatic rings. The molecule has 2 heterocycles. The van der Waals surface area contributed by atoms with Gasteiger partial charge in [0.15, 0.2) is 11.5 Å². The molecule has 22 heavy (non-hydrogen) atoms. The zero-order valence-electron chi connectivity index (χ0n) is 11.9. The van der Waals surface area contributed by atoms with Crippen molar-refractivity contribution in [2.45, 2.75) is 18.9 Å². The van der Waals surface area contributed by atoms with Crippen LogP contribution < -0.4 is 20.5 Å². The van der Waals surface area contributed by atoms with Gasteiger partial charge in [0.25, 0.3) is 5.91 Å². The molecule has 2 aliphatic heterocycles. The third-order valence-corrected chi connectivity index (χ3v) is 3.81. The van der Waals surface area contributed by atoms with E-state index in [9.17, 15) is 14.4 Å². The first-order chi connectivity index (χ1) is 10.4. The van der Waals surface area contributed by atoms with E-state index in [1.807, 2.05) is 0 Å².